The first-order valence-electron chi connectivity index (χ1n) is 5.46. The number of hydrogen-bond acceptors (Lipinski definition) is 2. The number of rotatable bonds is 3. The lowest BCUT2D eigenvalue weighted by atomic mass is 10.1. The third-order valence-corrected chi connectivity index (χ3v) is 2.78. The van der Waals surface area contributed by atoms with E-state index in [2.05, 4.69) is 10.5 Å². The second-order valence-electron chi connectivity index (χ2n) is 3.86. The van der Waals surface area contributed by atoms with Crippen molar-refractivity contribution < 1.29 is 4.39 Å². The molecule has 2 rings (SSSR count). The number of hydrogen-bond donors (Lipinski definition) is 1. The highest BCUT2D eigenvalue weighted by molar-refractivity contribution is 6.33. The van der Waals surface area contributed by atoms with E-state index >= 15 is 0 Å². The van der Waals surface area contributed by atoms with Crippen LogP contribution in [0.5, 0.6) is 0 Å². The Bertz CT molecular complexity index is 568. The summed E-state index contributed by atoms with van der Waals surface area (Å²) in [6, 6.07) is 12.5. The van der Waals surface area contributed by atoms with Gasteiger partial charge < -0.3 is 0 Å². The van der Waals surface area contributed by atoms with Crippen LogP contribution in [0, 0.1) is 12.7 Å². The number of hydrazone groups is 1. The quantitative estimate of drug-likeness (QED) is 0.650. The minimum absolute atomic E-state index is 0.312. The molecule has 1 N–H and O–H groups in total. The van der Waals surface area contributed by atoms with Crippen LogP contribution < -0.4 is 5.43 Å². The van der Waals surface area contributed by atoms with Gasteiger partial charge in [0.05, 0.1) is 16.9 Å². The average molecular weight is 263 g/mol. The molecule has 0 spiro atoms. The summed E-state index contributed by atoms with van der Waals surface area (Å²) in [7, 11) is 0. The Balaban J connectivity index is 2.12. The van der Waals surface area contributed by atoms with Crippen molar-refractivity contribution in [3.05, 3.63) is 64.4 Å². The number of nitrogens with zero attached hydrogens (tertiary/aromatic N) is 1. The van der Waals surface area contributed by atoms with E-state index < -0.39 is 0 Å². The standard InChI is InChI=1S/C14H12ClFN2/c1-10-7-11(13(15)8-14(10)16)9-17-18-12-5-3-2-4-6-12/h2-9,18H,1H3. The van der Waals surface area contributed by atoms with Crippen LogP contribution in [0.3, 0.4) is 0 Å². The smallest absolute Gasteiger partial charge is 0.127 e. The highest BCUT2D eigenvalue weighted by Crippen LogP contribution is 2.18. The maximum atomic E-state index is 13.2. The van der Waals surface area contributed by atoms with Crippen LogP contribution in [-0.2, 0) is 0 Å². The molecule has 0 saturated heterocycles. The third-order valence-electron chi connectivity index (χ3n) is 2.45. The van der Waals surface area contributed by atoms with Gasteiger partial charge in [-0.1, -0.05) is 29.8 Å². The highest BCUT2D eigenvalue weighted by Gasteiger charge is 2.03. The van der Waals surface area contributed by atoms with Gasteiger partial charge in [0, 0.05) is 5.56 Å². The van der Waals surface area contributed by atoms with E-state index in [-0.39, 0.29) is 5.82 Å². The van der Waals surface area contributed by atoms with Gasteiger partial charge in [-0.3, -0.25) is 5.43 Å². The van der Waals surface area contributed by atoms with Crippen molar-refractivity contribution in [3.8, 4) is 0 Å². The molecule has 0 atom stereocenters. The normalized spacial score (nSPS) is 10.8. The molecule has 0 aliphatic carbocycles. The van der Waals surface area contributed by atoms with Crippen molar-refractivity contribution in [2.75, 3.05) is 5.43 Å². The third kappa shape index (κ3) is 3.08. The Morgan fingerprint density at radius 3 is 2.67 bits per heavy atom. The Hall–Kier alpha value is -1.87. The van der Waals surface area contributed by atoms with Crippen molar-refractivity contribution in [3.63, 3.8) is 0 Å². The van der Waals surface area contributed by atoms with Gasteiger partial charge in [-0.05, 0) is 36.8 Å². The van der Waals surface area contributed by atoms with E-state index in [0.29, 0.717) is 16.1 Å². The number of halogens is 2. The van der Waals surface area contributed by atoms with E-state index in [4.69, 9.17) is 11.6 Å². The molecule has 0 aromatic heterocycles. The monoisotopic (exact) mass is 262 g/mol. The summed E-state index contributed by atoms with van der Waals surface area (Å²) in [4.78, 5) is 0. The molecule has 0 aliphatic heterocycles. The molecule has 18 heavy (non-hydrogen) atoms. The number of nitrogens with one attached hydrogen (secondary N) is 1. The zero-order chi connectivity index (χ0) is 13.0. The summed E-state index contributed by atoms with van der Waals surface area (Å²) in [6.07, 6.45) is 1.57. The first-order valence-corrected chi connectivity index (χ1v) is 5.84. The summed E-state index contributed by atoms with van der Waals surface area (Å²) in [5.41, 5.74) is 4.97. The molecule has 0 aliphatic rings. The lowest BCUT2D eigenvalue weighted by Crippen LogP contribution is -1.93. The second kappa shape index (κ2) is 5.65. The van der Waals surface area contributed by atoms with Crippen molar-refractivity contribution in [2.45, 2.75) is 6.92 Å². The van der Waals surface area contributed by atoms with E-state index in [1.165, 1.54) is 6.07 Å². The van der Waals surface area contributed by atoms with Crippen LogP contribution in [-0.4, -0.2) is 6.21 Å². The van der Waals surface area contributed by atoms with E-state index in [9.17, 15) is 4.39 Å². The van der Waals surface area contributed by atoms with Crippen molar-refractivity contribution in [1.29, 1.82) is 0 Å². The Morgan fingerprint density at radius 1 is 1.22 bits per heavy atom. The summed E-state index contributed by atoms with van der Waals surface area (Å²) in [6.45, 7) is 1.69. The predicted octanol–water partition coefficient (Wildman–Crippen LogP) is 4.23. The molecule has 0 heterocycles. The molecule has 92 valence electrons. The van der Waals surface area contributed by atoms with Crippen molar-refractivity contribution in [1.82, 2.24) is 0 Å². The van der Waals surface area contributed by atoms with Gasteiger partial charge in [0.2, 0.25) is 0 Å². The molecular formula is C14H12ClFN2. The molecule has 0 unspecified atom stereocenters. The number of aryl methyl sites for hydroxylation is 1. The van der Waals surface area contributed by atoms with Crippen LogP contribution in [0.2, 0.25) is 5.02 Å². The first kappa shape index (κ1) is 12.6. The molecule has 0 radical (unpaired) electrons. The Kier molecular flexibility index (Phi) is 3.95. The van der Waals surface area contributed by atoms with Gasteiger partial charge in [0.1, 0.15) is 5.82 Å². The summed E-state index contributed by atoms with van der Waals surface area (Å²) in [5, 5.41) is 4.41. The molecule has 0 fully saturated rings. The maximum Gasteiger partial charge on any atom is 0.127 e. The van der Waals surface area contributed by atoms with Gasteiger partial charge in [0.15, 0.2) is 0 Å². The molecule has 4 heteroatoms. The summed E-state index contributed by atoms with van der Waals surface area (Å²) >= 11 is 5.92. The van der Waals surface area contributed by atoms with Gasteiger partial charge >= 0.3 is 0 Å². The van der Waals surface area contributed by atoms with Crippen LogP contribution in [0.4, 0.5) is 10.1 Å². The van der Waals surface area contributed by atoms with Gasteiger partial charge in [0.25, 0.3) is 0 Å². The second-order valence-corrected chi connectivity index (χ2v) is 4.27. The van der Waals surface area contributed by atoms with Gasteiger partial charge in [-0.25, -0.2) is 4.39 Å². The van der Waals surface area contributed by atoms with Crippen LogP contribution in [0.15, 0.2) is 47.6 Å². The van der Waals surface area contributed by atoms with Crippen molar-refractivity contribution >= 4 is 23.5 Å². The molecule has 0 bridgehead atoms. The highest BCUT2D eigenvalue weighted by atomic mass is 35.5. The van der Waals surface area contributed by atoms with Gasteiger partial charge in [-0.2, -0.15) is 5.10 Å². The molecule has 2 nitrogen and oxygen atoms in total. The van der Waals surface area contributed by atoms with E-state index in [0.717, 1.165) is 5.69 Å². The Labute approximate surface area is 110 Å². The molecular weight excluding hydrogens is 251 g/mol. The van der Waals surface area contributed by atoms with E-state index in [1.54, 1.807) is 19.2 Å². The fourth-order valence-electron chi connectivity index (χ4n) is 1.47. The van der Waals surface area contributed by atoms with E-state index in [1.807, 2.05) is 30.3 Å². The molecule has 2 aromatic rings. The SMILES string of the molecule is Cc1cc(C=NNc2ccccc2)c(Cl)cc1F. The molecule has 0 amide bonds. The summed E-state index contributed by atoms with van der Waals surface area (Å²) < 4.78 is 13.2. The first-order chi connectivity index (χ1) is 8.66. The van der Waals surface area contributed by atoms with Crippen molar-refractivity contribution in [2.24, 2.45) is 5.10 Å². The average Bonchev–Trinajstić information content (AvgIpc) is 2.37. The fraction of sp³-hybridized carbons (Fsp3) is 0.0714. The van der Waals surface area contributed by atoms with Gasteiger partial charge in [-0.15, -0.1) is 0 Å². The van der Waals surface area contributed by atoms with Crippen LogP contribution in [0.1, 0.15) is 11.1 Å². The number of benzene rings is 2. The summed E-state index contributed by atoms with van der Waals surface area (Å²) in [5.74, 6) is -0.312. The number of para-hydroxylation sites is 1. The predicted molar refractivity (Wildman–Crippen MR) is 73.8 cm³/mol. The zero-order valence-corrected chi connectivity index (χ0v) is 10.6. The topological polar surface area (TPSA) is 24.4 Å². The Morgan fingerprint density at radius 2 is 1.94 bits per heavy atom. The zero-order valence-electron chi connectivity index (χ0n) is 9.82. The molecule has 0 saturated carbocycles. The minimum Gasteiger partial charge on any atom is -0.279 e. The maximum absolute atomic E-state index is 13.2. The fourth-order valence-corrected chi connectivity index (χ4v) is 1.67. The van der Waals surface area contributed by atoms with Crippen LogP contribution in [0.25, 0.3) is 0 Å². The largest absolute Gasteiger partial charge is 0.279 e. The lowest BCUT2D eigenvalue weighted by Gasteiger charge is -2.02. The number of anilines is 1. The van der Waals surface area contributed by atoms with Crippen LogP contribution >= 0.6 is 11.6 Å². The minimum atomic E-state index is -0.312. The molecule has 2 aromatic carbocycles. The lowest BCUT2D eigenvalue weighted by molar-refractivity contribution is 0.618.